The Balaban J connectivity index is 1.48. The molecule has 4 nitrogen and oxygen atoms in total. The van der Waals surface area contributed by atoms with Crippen molar-refractivity contribution < 1.29 is 13.6 Å². The Morgan fingerprint density at radius 2 is 2.04 bits per heavy atom. The van der Waals surface area contributed by atoms with E-state index in [1.165, 1.54) is 12.1 Å². The fraction of sp³-hybridized carbons (Fsp3) is 0.222. The summed E-state index contributed by atoms with van der Waals surface area (Å²) in [6, 6.07) is 9.88. The number of rotatable bonds is 6. The lowest BCUT2D eigenvalue weighted by Gasteiger charge is -2.04. The largest absolute Gasteiger partial charge is 0.458 e. The van der Waals surface area contributed by atoms with Crippen molar-refractivity contribution in [1.29, 1.82) is 0 Å². The maximum atomic E-state index is 12.8. The van der Waals surface area contributed by atoms with Crippen LogP contribution in [0.1, 0.15) is 22.8 Å². The van der Waals surface area contributed by atoms with Gasteiger partial charge in [0, 0.05) is 11.8 Å². The van der Waals surface area contributed by atoms with Crippen LogP contribution in [-0.2, 0) is 17.8 Å². The van der Waals surface area contributed by atoms with Crippen molar-refractivity contribution in [3.8, 4) is 11.5 Å². The lowest BCUT2D eigenvalue weighted by atomic mass is 10.1. The van der Waals surface area contributed by atoms with Crippen LogP contribution in [0.4, 0.5) is 4.39 Å². The van der Waals surface area contributed by atoms with E-state index in [0.29, 0.717) is 30.9 Å². The summed E-state index contributed by atoms with van der Waals surface area (Å²) in [5, 5.41) is 5.75. The zero-order chi connectivity index (χ0) is 16.9. The Bertz CT molecular complexity index is 824. The number of aryl methyl sites for hydroxylation is 2. The molecule has 124 valence electrons. The smallest absolute Gasteiger partial charge is 0.220 e. The molecular formula is C18H17FN2O2S. The molecule has 1 aromatic carbocycles. The van der Waals surface area contributed by atoms with Gasteiger partial charge in [0.2, 0.25) is 5.91 Å². The van der Waals surface area contributed by atoms with Crippen LogP contribution in [0.15, 0.2) is 46.2 Å². The second-order valence-corrected chi connectivity index (χ2v) is 6.48. The Morgan fingerprint density at radius 1 is 1.25 bits per heavy atom. The third kappa shape index (κ3) is 4.29. The third-order valence-corrected chi connectivity index (χ3v) is 4.32. The van der Waals surface area contributed by atoms with Gasteiger partial charge in [0.1, 0.15) is 17.3 Å². The van der Waals surface area contributed by atoms with Crippen molar-refractivity contribution in [3.05, 3.63) is 63.9 Å². The summed E-state index contributed by atoms with van der Waals surface area (Å²) in [6.07, 6.45) is 0.929. The number of hydrogen-bond donors (Lipinski definition) is 1. The molecule has 0 aliphatic heterocycles. The van der Waals surface area contributed by atoms with Gasteiger partial charge in [-0.3, -0.25) is 4.79 Å². The molecule has 2 aromatic heterocycles. The van der Waals surface area contributed by atoms with E-state index >= 15 is 0 Å². The van der Waals surface area contributed by atoms with Crippen molar-refractivity contribution in [1.82, 2.24) is 10.3 Å². The monoisotopic (exact) mass is 344 g/mol. The minimum Gasteiger partial charge on any atom is -0.458 e. The predicted molar refractivity (Wildman–Crippen MR) is 91.1 cm³/mol. The molecule has 0 aliphatic rings. The highest BCUT2D eigenvalue weighted by atomic mass is 32.1. The van der Waals surface area contributed by atoms with Crippen molar-refractivity contribution >= 4 is 17.2 Å². The van der Waals surface area contributed by atoms with Crippen LogP contribution in [0, 0.1) is 12.7 Å². The van der Waals surface area contributed by atoms with E-state index in [4.69, 9.17) is 4.42 Å². The van der Waals surface area contributed by atoms with Gasteiger partial charge in [-0.2, -0.15) is 0 Å². The number of hydrogen-bond acceptors (Lipinski definition) is 4. The van der Waals surface area contributed by atoms with E-state index in [9.17, 15) is 9.18 Å². The Hall–Kier alpha value is -2.47. The first-order valence-electron chi connectivity index (χ1n) is 7.62. The number of aromatic nitrogens is 1. The van der Waals surface area contributed by atoms with Crippen LogP contribution in [0.2, 0.25) is 0 Å². The van der Waals surface area contributed by atoms with Crippen LogP contribution in [0.25, 0.3) is 11.5 Å². The van der Waals surface area contributed by atoms with E-state index in [1.807, 2.05) is 24.4 Å². The summed E-state index contributed by atoms with van der Waals surface area (Å²) >= 11 is 1.57. The average Bonchev–Trinajstić information content (AvgIpc) is 3.21. The van der Waals surface area contributed by atoms with E-state index in [2.05, 4.69) is 10.3 Å². The molecule has 1 amide bonds. The normalized spacial score (nSPS) is 10.8. The molecule has 0 fully saturated rings. The molecular weight excluding hydrogens is 327 g/mol. The molecule has 0 radical (unpaired) electrons. The molecule has 6 heteroatoms. The topological polar surface area (TPSA) is 55.1 Å². The molecule has 0 aliphatic carbocycles. The average molecular weight is 344 g/mol. The van der Waals surface area contributed by atoms with Gasteiger partial charge in [-0.25, -0.2) is 9.37 Å². The minimum absolute atomic E-state index is 0.0678. The van der Waals surface area contributed by atoms with Crippen molar-refractivity contribution in [2.75, 3.05) is 0 Å². The number of carbonyl (C=O) groups excluding carboxylic acids is 1. The van der Waals surface area contributed by atoms with E-state index in [-0.39, 0.29) is 11.7 Å². The summed E-state index contributed by atoms with van der Waals surface area (Å²) in [6.45, 7) is 2.28. The van der Waals surface area contributed by atoms with Gasteiger partial charge in [-0.1, -0.05) is 12.1 Å². The molecule has 2 heterocycles. The number of nitrogens with zero attached hydrogens (tertiary/aromatic N) is 1. The molecule has 0 bridgehead atoms. The molecule has 1 N–H and O–H groups in total. The number of thiazole rings is 1. The highest BCUT2D eigenvalue weighted by molar-refractivity contribution is 7.09. The minimum atomic E-state index is -0.271. The fourth-order valence-corrected chi connectivity index (χ4v) is 2.87. The molecule has 0 saturated heterocycles. The molecule has 3 rings (SSSR count). The zero-order valence-corrected chi connectivity index (χ0v) is 14.0. The summed E-state index contributed by atoms with van der Waals surface area (Å²) in [5.41, 5.74) is 1.75. The van der Waals surface area contributed by atoms with Crippen LogP contribution in [0.3, 0.4) is 0 Å². The van der Waals surface area contributed by atoms with Gasteiger partial charge < -0.3 is 9.73 Å². The van der Waals surface area contributed by atoms with E-state index in [0.717, 1.165) is 16.3 Å². The van der Waals surface area contributed by atoms with Crippen molar-refractivity contribution in [2.24, 2.45) is 0 Å². The number of benzene rings is 1. The first kappa shape index (κ1) is 16.4. The fourth-order valence-electron chi connectivity index (χ4n) is 2.27. The van der Waals surface area contributed by atoms with Crippen LogP contribution < -0.4 is 5.32 Å². The van der Waals surface area contributed by atoms with Crippen molar-refractivity contribution in [3.63, 3.8) is 0 Å². The summed E-state index contributed by atoms with van der Waals surface area (Å²) < 4.78 is 18.5. The van der Waals surface area contributed by atoms with Gasteiger partial charge in [0.05, 0.1) is 11.6 Å². The molecule has 0 atom stereocenters. The van der Waals surface area contributed by atoms with Crippen LogP contribution >= 0.6 is 11.3 Å². The first-order chi connectivity index (χ1) is 11.6. The number of furan rings is 1. The predicted octanol–water partition coefficient (Wildman–Crippen LogP) is 4.10. The zero-order valence-electron chi connectivity index (χ0n) is 13.2. The quantitative estimate of drug-likeness (QED) is 0.732. The molecule has 0 unspecified atom stereocenters. The maximum absolute atomic E-state index is 12.8. The Morgan fingerprint density at radius 3 is 2.75 bits per heavy atom. The summed E-state index contributed by atoms with van der Waals surface area (Å²) in [4.78, 5) is 16.3. The first-order valence-corrected chi connectivity index (χ1v) is 8.50. The van der Waals surface area contributed by atoms with Gasteiger partial charge in [0.25, 0.3) is 0 Å². The lowest BCUT2D eigenvalue weighted by Crippen LogP contribution is -2.22. The molecule has 3 aromatic rings. The van der Waals surface area contributed by atoms with E-state index in [1.54, 1.807) is 23.5 Å². The van der Waals surface area contributed by atoms with Crippen LogP contribution in [0.5, 0.6) is 0 Å². The molecule has 0 saturated carbocycles. The second kappa shape index (κ2) is 7.40. The second-order valence-electron chi connectivity index (χ2n) is 5.42. The lowest BCUT2D eigenvalue weighted by molar-refractivity contribution is -0.121. The summed E-state index contributed by atoms with van der Waals surface area (Å²) in [5.74, 6) is 1.05. The number of amides is 1. The Labute approximate surface area is 143 Å². The number of halogens is 1. The summed E-state index contributed by atoms with van der Waals surface area (Å²) in [7, 11) is 0. The highest BCUT2D eigenvalue weighted by Gasteiger charge is 2.09. The van der Waals surface area contributed by atoms with E-state index < -0.39 is 0 Å². The van der Waals surface area contributed by atoms with Gasteiger partial charge >= 0.3 is 0 Å². The van der Waals surface area contributed by atoms with Gasteiger partial charge in [-0.15, -0.1) is 11.3 Å². The standard InChI is InChI=1S/C18H17FN2O2S/c1-12-21-16(11-24-12)17-8-7-15(23-17)10-20-18(22)9-4-13-2-5-14(19)6-3-13/h2-3,5-8,11H,4,9-10H2,1H3,(H,20,22). The Kier molecular flexibility index (Phi) is 5.05. The highest BCUT2D eigenvalue weighted by Crippen LogP contribution is 2.23. The number of nitrogens with one attached hydrogen (secondary N) is 1. The van der Waals surface area contributed by atoms with Gasteiger partial charge in [-0.05, 0) is 43.2 Å². The van der Waals surface area contributed by atoms with Crippen LogP contribution in [-0.4, -0.2) is 10.9 Å². The third-order valence-electron chi connectivity index (χ3n) is 3.55. The SMILES string of the molecule is Cc1nc(-c2ccc(CNC(=O)CCc3ccc(F)cc3)o2)cs1. The number of carbonyl (C=O) groups is 1. The molecule has 24 heavy (non-hydrogen) atoms. The molecule has 0 spiro atoms. The van der Waals surface area contributed by atoms with Crippen molar-refractivity contribution in [2.45, 2.75) is 26.3 Å². The van der Waals surface area contributed by atoms with Gasteiger partial charge in [0.15, 0.2) is 5.76 Å². The maximum Gasteiger partial charge on any atom is 0.220 e.